The van der Waals surface area contributed by atoms with E-state index in [9.17, 15) is 4.79 Å². The van der Waals surface area contributed by atoms with Gasteiger partial charge in [0, 0.05) is 29.2 Å². The van der Waals surface area contributed by atoms with Crippen molar-refractivity contribution in [1.29, 1.82) is 0 Å². The molecule has 1 heterocycles. The van der Waals surface area contributed by atoms with Gasteiger partial charge < -0.3 is 5.32 Å². The van der Waals surface area contributed by atoms with E-state index < -0.39 is 0 Å². The minimum absolute atomic E-state index is 0.147. The van der Waals surface area contributed by atoms with E-state index in [2.05, 4.69) is 21.9 Å². The molecule has 0 unspecified atom stereocenters. The van der Waals surface area contributed by atoms with Gasteiger partial charge in [-0.3, -0.25) is 4.72 Å². The van der Waals surface area contributed by atoms with Crippen LogP contribution in [-0.4, -0.2) is 29.6 Å². The van der Waals surface area contributed by atoms with E-state index in [-0.39, 0.29) is 6.03 Å². The summed E-state index contributed by atoms with van der Waals surface area (Å²) in [4.78, 5) is 16.6. The van der Waals surface area contributed by atoms with Crippen molar-refractivity contribution in [3.63, 3.8) is 0 Å². The van der Waals surface area contributed by atoms with Crippen LogP contribution in [0.25, 0.3) is 0 Å². The van der Waals surface area contributed by atoms with E-state index in [1.165, 1.54) is 21.8 Å². The number of rotatable bonds is 6. The van der Waals surface area contributed by atoms with Gasteiger partial charge in [-0.15, -0.1) is 11.3 Å². The number of aromatic nitrogens is 1. The molecule has 0 aliphatic heterocycles. The average molecular weight is 291 g/mol. The summed E-state index contributed by atoms with van der Waals surface area (Å²) in [5.41, 5.74) is 1.14. The number of amides is 2. The lowest BCUT2D eigenvalue weighted by Gasteiger charge is -2.02. The van der Waals surface area contributed by atoms with Crippen molar-refractivity contribution in [2.75, 3.05) is 18.6 Å². The molecule has 0 spiro atoms. The predicted molar refractivity (Wildman–Crippen MR) is 77.8 cm³/mol. The quantitative estimate of drug-likeness (QED) is 0.625. The molecule has 0 aromatic carbocycles. The highest BCUT2D eigenvalue weighted by atomic mass is 32.2. The molecule has 2 N–H and O–H groups in total. The summed E-state index contributed by atoms with van der Waals surface area (Å²) >= 11 is 5.04. The number of thioether (sulfide) groups is 1. The molecule has 0 atom stereocenters. The van der Waals surface area contributed by atoms with Gasteiger partial charge in [0.25, 0.3) is 0 Å². The Balaban J connectivity index is 2.06. The molecule has 0 aliphatic rings. The fourth-order valence-corrected chi connectivity index (χ4v) is 3.77. The number of hydrogen-bond acceptors (Lipinski definition) is 5. The van der Waals surface area contributed by atoms with Crippen molar-refractivity contribution in [2.45, 2.75) is 19.6 Å². The molecule has 0 fully saturated rings. The van der Waals surface area contributed by atoms with E-state index in [1.807, 2.05) is 18.7 Å². The zero-order valence-electron chi connectivity index (χ0n) is 10.2. The molecule has 4 nitrogen and oxygen atoms in total. The van der Waals surface area contributed by atoms with Crippen LogP contribution in [0.4, 0.5) is 4.79 Å². The molecule has 0 saturated heterocycles. The Morgan fingerprint density at radius 2 is 2.18 bits per heavy atom. The lowest BCUT2D eigenvalue weighted by atomic mass is 10.4. The van der Waals surface area contributed by atoms with E-state index in [0.29, 0.717) is 0 Å². The first-order chi connectivity index (χ1) is 8.13. The highest BCUT2D eigenvalue weighted by Gasteiger charge is 2.03. The van der Waals surface area contributed by atoms with Crippen LogP contribution in [0.2, 0.25) is 0 Å². The van der Waals surface area contributed by atoms with Crippen LogP contribution in [0, 0.1) is 13.8 Å². The summed E-state index contributed by atoms with van der Waals surface area (Å²) in [5.74, 6) is 2.87. The first-order valence-electron chi connectivity index (χ1n) is 5.23. The zero-order chi connectivity index (χ0) is 12.7. The number of carbonyl (C=O) groups excluding carboxylic acids is 1. The fourth-order valence-electron chi connectivity index (χ4n) is 1.03. The second-order valence-corrected chi connectivity index (χ2v) is 6.63. The van der Waals surface area contributed by atoms with Crippen molar-refractivity contribution >= 4 is 41.1 Å². The zero-order valence-corrected chi connectivity index (χ0v) is 12.7. The van der Waals surface area contributed by atoms with E-state index in [4.69, 9.17) is 0 Å². The van der Waals surface area contributed by atoms with Crippen molar-refractivity contribution in [3.8, 4) is 0 Å². The summed E-state index contributed by atoms with van der Waals surface area (Å²) in [7, 11) is 1.61. The van der Waals surface area contributed by atoms with Crippen LogP contribution in [0.1, 0.15) is 15.6 Å². The normalized spacial score (nSPS) is 10.3. The summed E-state index contributed by atoms with van der Waals surface area (Å²) in [6.45, 7) is 4.15. The van der Waals surface area contributed by atoms with Crippen LogP contribution < -0.4 is 10.0 Å². The van der Waals surface area contributed by atoms with Gasteiger partial charge in [0.15, 0.2) is 0 Å². The number of carbonyl (C=O) groups is 1. The summed E-state index contributed by atoms with van der Waals surface area (Å²) in [6.07, 6.45) is 0. The lowest BCUT2D eigenvalue weighted by molar-refractivity contribution is 0.248. The SMILES string of the molecule is CNC(=O)NSCCSCc1nc(C)c(C)s1. The standard InChI is InChI=1S/C10H17N3OS3/c1-7-8(2)17-9(12-7)6-15-4-5-16-13-10(14)11-3/h4-6H2,1-3H3,(H2,11,13,14). The summed E-state index contributed by atoms with van der Waals surface area (Å²) < 4.78 is 2.68. The Kier molecular flexibility index (Phi) is 6.76. The van der Waals surface area contributed by atoms with Crippen molar-refractivity contribution in [2.24, 2.45) is 0 Å². The average Bonchev–Trinajstić information content (AvgIpc) is 2.62. The first-order valence-corrected chi connectivity index (χ1v) is 8.19. The largest absolute Gasteiger partial charge is 0.341 e. The highest BCUT2D eigenvalue weighted by molar-refractivity contribution is 8.01. The van der Waals surface area contributed by atoms with Gasteiger partial charge in [0.2, 0.25) is 0 Å². The molecular weight excluding hydrogens is 274 g/mol. The van der Waals surface area contributed by atoms with Crippen LogP contribution in [0.3, 0.4) is 0 Å². The third kappa shape index (κ3) is 5.65. The Bertz CT molecular complexity index is 348. The highest BCUT2D eigenvalue weighted by Crippen LogP contribution is 2.21. The summed E-state index contributed by atoms with van der Waals surface area (Å²) in [6, 6.07) is -0.147. The first kappa shape index (κ1) is 14.7. The third-order valence-electron chi connectivity index (χ3n) is 2.02. The predicted octanol–water partition coefficient (Wildman–Crippen LogP) is 2.57. The van der Waals surface area contributed by atoms with Crippen molar-refractivity contribution < 1.29 is 4.79 Å². The van der Waals surface area contributed by atoms with E-state index in [1.54, 1.807) is 18.4 Å². The maximum absolute atomic E-state index is 10.8. The van der Waals surface area contributed by atoms with Gasteiger partial charge in [-0.1, -0.05) is 0 Å². The minimum Gasteiger partial charge on any atom is -0.341 e. The van der Waals surface area contributed by atoms with Crippen LogP contribution >= 0.6 is 35.0 Å². The maximum Gasteiger partial charge on any atom is 0.324 e. The van der Waals surface area contributed by atoms with Gasteiger partial charge in [0.1, 0.15) is 5.01 Å². The van der Waals surface area contributed by atoms with Gasteiger partial charge in [-0.05, 0) is 25.8 Å². The molecular formula is C10H17N3OS3. The van der Waals surface area contributed by atoms with Gasteiger partial charge in [-0.2, -0.15) is 11.8 Å². The number of nitrogens with zero attached hydrogens (tertiary/aromatic N) is 1. The number of hydrogen-bond donors (Lipinski definition) is 2. The van der Waals surface area contributed by atoms with Gasteiger partial charge in [-0.25, -0.2) is 9.78 Å². The second-order valence-electron chi connectivity index (χ2n) is 3.33. The smallest absolute Gasteiger partial charge is 0.324 e. The molecule has 0 aliphatic carbocycles. The second kappa shape index (κ2) is 7.84. The Morgan fingerprint density at radius 1 is 1.41 bits per heavy atom. The number of aryl methyl sites for hydroxylation is 2. The molecule has 1 rings (SSSR count). The van der Waals surface area contributed by atoms with Crippen LogP contribution in [0.15, 0.2) is 0 Å². The Hall–Kier alpha value is -0.400. The van der Waals surface area contributed by atoms with E-state index >= 15 is 0 Å². The molecule has 2 amide bonds. The molecule has 96 valence electrons. The van der Waals surface area contributed by atoms with Crippen LogP contribution in [0.5, 0.6) is 0 Å². The lowest BCUT2D eigenvalue weighted by Crippen LogP contribution is -2.27. The van der Waals surface area contributed by atoms with Crippen molar-refractivity contribution in [1.82, 2.24) is 15.0 Å². The number of thiazole rings is 1. The molecule has 17 heavy (non-hydrogen) atoms. The maximum atomic E-state index is 10.8. The van der Waals surface area contributed by atoms with Gasteiger partial charge >= 0.3 is 6.03 Å². The van der Waals surface area contributed by atoms with Crippen LogP contribution in [-0.2, 0) is 5.75 Å². The molecule has 0 bridgehead atoms. The fraction of sp³-hybridized carbons (Fsp3) is 0.600. The molecule has 1 aromatic rings. The molecule has 0 saturated carbocycles. The number of urea groups is 1. The molecule has 7 heteroatoms. The summed E-state index contributed by atoms with van der Waals surface area (Å²) in [5, 5.41) is 3.69. The van der Waals surface area contributed by atoms with Gasteiger partial charge in [0.05, 0.1) is 5.69 Å². The third-order valence-corrected chi connectivity index (χ3v) is 5.24. The topological polar surface area (TPSA) is 54.0 Å². The molecule has 1 aromatic heterocycles. The van der Waals surface area contributed by atoms with E-state index in [0.717, 1.165) is 23.0 Å². The molecule has 0 radical (unpaired) electrons. The Morgan fingerprint density at radius 3 is 2.76 bits per heavy atom. The monoisotopic (exact) mass is 291 g/mol. The Labute approximate surface area is 114 Å². The number of nitrogens with one attached hydrogen (secondary N) is 2. The minimum atomic E-state index is -0.147. The van der Waals surface area contributed by atoms with Crippen molar-refractivity contribution in [3.05, 3.63) is 15.6 Å².